The summed E-state index contributed by atoms with van der Waals surface area (Å²) < 4.78 is 41.5. The predicted molar refractivity (Wildman–Crippen MR) is 64.5 cm³/mol. The summed E-state index contributed by atoms with van der Waals surface area (Å²) in [7, 11) is 1.71. The van der Waals surface area contributed by atoms with Crippen molar-refractivity contribution in [2.45, 2.75) is 38.3 Å². The summed E-state index contributed by atoms with van der Waals surface area (Å²) >= 11 is 0. The van der Waals surface area contributed by atoms with Crippen LogP contribution in [0.1, 0.15) is 36.6 Å². The van der Waals surface area contributed by atoms with E-state index in [0.29, 0.717) is 23.1 Å². The van der Waals surface area contributed by atoms with E-state index in [9.17, 15) is 13.2 Å². The van der Waals surface area contributed by atoms with Crippen LogP contribution < -0.4 is 10.1 Å². The maximum atomic E-state index is 12.1. The molecule has 1 aliphatic rings. The first-order valence-electron chi connectivity index (χ1n) is 6.16. The summed E-state index contributed by atoms with van der Waals surface area (Å²) in [5, 5.41) is 2.91. The smallest absolute Gasteiger partial charge is 0.392 e. The molecule has 1 fully saturated rings. The molecule has 1 aromatic heterocycles. The monoisotopic (exact) mass is 275 g/mol. The number of nitrogens with zero attached hydrogens (tertiary/aromatic N) is 2. The molecule has 1 N–H and O–H groups in total. The Morgan fingerprint density at radius 1 is 1.32 bits per heavy atom. The molecule has 1 saturated carbocycles. The summed E-state index contributed by atoms with van der Waals surface area (Å²) in [5.41, 5.74) is 0.633. The van der Waals surface area contributed by atoms with Gasteiger partial charge in [-0.05, 0) is 19.8 Å². The molecule has 7 heteroatoms. The third kappa shape index (κ3) is 3.71. The van der Waals surface area contributed by atoms with E-state index in [2.05, 4.69) is 15.3 Å². The molecule has 0 amide bonds. The standard InChI is InChI=1S/C12H16F3N3O/c1-7-9(16-2)17-10(8-3-4-8)18-11(7)19-6-5-12(13,14)15/h8H,3-6H2,1-2H3,(H,16,17,18). The highest BCUT2D eigenvalue weighted by Gasteiger charge is 2.29. The fourth-order valence-corrected chi connectivity index (χ4v) is 1.68. The van der Waals surface area contributed by atoms with Crippen LogP contribution in [0.25, 0.3) is 0 Å². The molecule has 0 unspecified atom stereocenters. The number of nitrogens with one attached hydrogen (secondary N) is 1. The van der Waals surface area contributed by atoms with Gasteiger partial charge in [0.1, 0.15) is 11.6 Å². The number of rotatable bonds is 5. The van der Waals surface area contributed by atoms with Crippen molar-refractivity contribution < 1.29 is 17.9 Å². The zero-order valence-corrected chi connectivity index (χ0v) is 10.8. The van der Waals surface area contributed by atoms with Crippen LogP contribution in [0.2, 0.25) is 0 Å². The lowest BCUT2D eigenvalue weighted by Gasteiger charge is -2.13. The molecule has 4 nitrogen and oxygen atoms in total. The molecule has 2 rings (SSSR count). The fourth-order valence-electron chi connectivity index (χ4n) is 1.68. The SMILES string of the molecule is CNc1nc(C2CC2)nc(OCCC(F)(F)F)c1C. The Morgan fingerprint density at radius 2 is 2.00 bits per heavy atom. The lowest BCUT2D eigenvalue weighted by Crippen LogP contribution is -2.14. The molecule has 0 aromatic carbocycles. The molecule has 0 aliphatic heterocycles. The molecule has 0 atom stereocenters. The molecule has 0 saturated heterocycles. The van der Waals surface area contributed by atoms with Gasteiger partial charge in [-0.3, -0.25) is 0 Å². The Balaban J connectivity index is 2.11. The average molecular weight is 275 g/mol. The minimum absolute atomic E-state index is 0.241. The third-order valence-electron chi connectivity index (χ3n) is 2.92. The van der Waals surface area contributed by atoms with Gasteiger partial charge in [0.05, 0.1) is 18.6 Å². The number of alkyl halides is 3. The van der Waals surface area contributed by atoms with Crippen LogP contribution in [-0.2, 0) is 0 Å². The highest BCUT2D eigenvalue weighted by atomic mass is 19.4. The second kappa shape index (κ2) is 5.22. The molecular weight excluding hydrogens is 259 g/mol. The van der Waals surface area contributed by atoms with Crippen LogP contribution in [-0.4, -0.2) is 29.8 Å². The van der Waals surface area contributed by atoms with Crippen molar-refractivity contribution in [3.8, 4) is 5.88 Å². The lowest BCUT2D eigenvalue weighted by atomic mass is 10.3. The first kappa shape index (κ1) is 13.9. The van der Waals surface area contributed by atoms with E-state index < -0.39 is 19.2 Å². The van der Waals surface area contributed by atoms with Crippen LogP contribution in [0.3, 0.4) is 0 Å². The maximum absolute atomic E-state index is 12.1. The number of hydrogen-bond donors (Lipinski definition) is 1. The van der Waals surface area contributed by atoms with Crippen molar-refractivity contribution in [3.05, 3.63) is 11.4 Å². The number of ether oxygens (including phenoxy) is 1. The molecule has 106 valence electrons. The van der Waals surface area contributed by atoms with Crippen LogP contribution in [0.4, 0.5) is 19.0 Å². The first-order valence-corrected chi connectivity index (χ1v) is 6.16. The Morgan fingerprint density at radius 3 is 2.53 bits per heavy atom. The Hall–Kier alpha value is -1.53. The first-order chi connectivity index (χ1) is 8.90. The highest BCUT2D eigenvalue weighted by molar-refractivity contribution is 5.48. The summed E-state index contributed by atoms with van der Waals surface area (Å²) in [6.07, 6.45) is -3.15. The maximum Gasteiger partial charge on any atom is 0.392 e. The van der Waals surface area contributed by atoms with Gasteiger partial charge in [-0.2, -0.15) is 18.2 Å². The zero-order chi connectivity index (χ0) is 14.0. The van der Waals surface area contributed by atoms with Gasteiger partial charge in [0.15, 0.2) is 0 Å². The van der Waals surface area contributed by atoms with Gasteiger partial charge in [0, 0.05) is 13.0 Å². The van der Waals surface area contributed by atoms with E-state index in [1.54, 1.807) is 14.0 Å². The van der Waals surface area contributed by atoms with E-state index in [4.69, 9.17) is 4.74 Å². The van der Waals surface area contributed by atoms with Crippen molar-refractivity contribution >= 4 is 5.82 Å². The molecule has 1 heterocycles. The normalized spacial score (nSPS) is 15.4. The van der Waals surface area contributed by atoms with Gasteiger partial charge in [-0.1, -0.05) is 0 Å². The number of aromatic nitrogens is 2. The summed E-state index contributed by atoms with van der Waals surface area (Å²) in [4.78, 5) is 8.57. The number of anilines is 1. The van der Waals surface area contributed by atoms with E-state index in [-0.39, 0.29) is 5.88 Å². The largest absolute Gasteiger partial charge is 0.477 e. The van der Waals surface area contributed by atoms with Crippen LogP contribution in [0, 0.1) is 6.92 Å². The third-order valence-corrected chi connectivity index (χ3v) is 2.92. The Labute approximate surface area is 109 Å². The van der Waals surface area contributed by atoms with Crippen LogP contribution in [0.15, 0.2) is 0 Å². The minimum Gasteiger partial charge on any atom is -0.477 e. The van der Waals surface area contributed by atoms with E-state index in [1.165, 1.54) is 0 Å². The van der Waals surface area contributed by atoms with Crippen molar-refractivity contribution in [1.82, 2.24) is 9.97 Å². The Bertz CT molecular complexity index is 458. The predicted octanol–water partition coefficient (Wildman–Crippen LogP) is 3.04. The van der Waals surface area contributed by atoms with Gasteiger partial charge < -0.3 is 10.1 Å². The van der Waals surface area contributed by atoms with Gasteiger partial charge >= 0.3 is 6.18 Å². The second-order valence-electron chi connectivity index (χ2n) is 4.60. The summed E-state index contributed by atoms with van der Waals surface area (Å²) in [5.74, 6) is 1.82. The topological polar surface area (TPSA) is 47.0 Å². The molecule has 0 spiro atoms. The molecule has 0 radical (unpaired) electrons. The van der Waals surface area contributed by atoms with E-state index in [0.717, 1.165) is 12.8 Å². The second-order valence-corrected chi connectivity index (χ2v) is 4.60. The van der Waals surface area contributed by atoms with E-state index >= 15 is 0 Å². The highest BCUT2D eigenvalue weighted by Crippen LogP contribution is 2.39. The van der Waals surface area contributed by atoms with Crippen LogP contribution >= 0.6 is 0 Å². The molecule has 19 heavy (non-hydrogen) atoms. The minimum atomic E-state index is -4.22. The molecular formula is C12H16F3N3O. The number of halogens is 3. The summed E-state index contributed by atoms with van der Waals surface area (Å²) in [6, 6.07) is 0. The van der Waals surface area contributed by atoms with Crippen molar-refractivity contribution in [1.29, 1.82) is 0 Å². The quantitative estimate of drug-likeness (QED) is 0.897. The van der Waals surface area contributed by atoms with Crippen molar-refractivity contribution in [2.75, 3.05) is 19.0 Å². The van der Waals surface area contributed by atoms with Gasteiger partial charge in [0.2, 0.25) is 5.88 Å². The van der Waals surface area contributed by atoms with Crippen molar-refractivity contribution in [2.24, 2.45) is 0 Å². The molecule has 0 bridgehead atoms. The lowest BCUT2D eigenvalue weighted by molar-refractivity contribution is -0.139. The van der Waals surface area contributed by atoms with Gasteiger partial charge in [-0.25, -0.2) is 4.98 Å². The number of hydrogen-bond acceptors (Lipinski definition) is 4. The van der Waals surface area contributed by atoms with Gasteiger partial charge in [-0.15, -0.1) is 0 Å². The fraction of sp³-hybridized carbons (Fsp3) is 0.667. The Kier molecular flexibility index (Phi) is 3.82. The zero-order valence-electron chi connectivity index (χ0n) is 10.8. The summed E-state index contributed by atoms with van der Waals surface area (Å²) in [6.45, 7) is 1.31. The molecule has 1 aromatic rings. The van der Waals surface area contributed by atoms with Crippen molar-refractivity contribution in [3.63, 3.8) is 0 Å². The van der Waals surface area contributed by atoms with Gasteiger partial charge in [0.25, 0.3) is 0 Å². The average Bonchev–Trinajstić information content (AvgIpc) is 3.13. The van der Waals surface area contributed by atoms with E-state index in [1.807, 2.05) is 0 Å². The molecule has 1 aliphatic carbocycles. The van der Waals surface area contributed by atoms with Crippen LogP contribution in [0.5, 0.6) is 5.88 Å².